The zero-order chi connectivity index (χ0) is 27.8. The topological polar surface area (TPSA) is 101 Å². The second-order valence-corrected chi connectivity index (χ2v) is 14.9. The Morgan fingerprint density at radius 3 is 2.26 bits per heavy atom. The molecule has 0 radical (unpaired) electrons. The number of benzene rings is 3. The quantitative estimate of drug-likeness (QED) is 0.261. The summed E-state index contributed by atoms with van der Waals surface area (Å²) in [4.78, 5) is 29.9. The fourth-order valence-corrected chi connectivity index (χ4v) is 8.17. The van der Waals surface area contributed by atoms with E-state index in [1.54, 1.807) is 0 Å². The Morgan fingerprint density at radius 2 is 1.66 bits per heavy atom. The molecule has 6 nitrogen and oxygen atoms in total. The number of rotatable bonds is 8. The zero-order valence-electron chi connectivity index (χ0n) is 21.4. The van der Waals surface area contributed by atoms with Crippen LogP contribution in [0.2, 0.25) is 9.73 Å². The van der Waals surface area contributed by atoms with Crippen LogP contribution in [0.25, 0.3) is 22.2 Å². The third kappa shape index (κ3) is 6.17. The van der Waals surface area contributed by atoms with Gasteiger partial charge in [0.1, 0.15) is 0 Å². The number of hydrogen-bond donors (Lipinski definition) is 1. The number of pyridine rings is 1. The number of carbonyl (C=O) groups is 2. The molecule has 0 saturated carbocycles. The molecule has 0 bridgehead atoms. The molecule has 4 aromatic rings. The van der Waals surface area contributed by atoms with Gasteiger partial charge in [0.25, 0.3) is 0 Å². The molecule has 0 amide bonds. The van der Waals surface area contributed by atoms with Gasteiger partial charge < -0.3 is 0 Å². The molecule has 1 N–H and O–H groups in total. The number of carboxylic acid groups (broad SMARTS) is 1. The van der Waals surface area contributed by atoms with Crippen LogP contribution < -0.4 is 0 Å². The number of aryl methyl sites for hydroxylation is 3. The molecule has 0 aliphatic carbocycles. The van der Waals surface area contributed by atoms with Gasteiger partial charge >= 0.3 is 228 Å². The minimum absolute atomic E-state index is 0.00876. The number of nitrogens with zero attached hydrogens (tertiary/aromatic N) is 1. The molecule has 0 saturated heterocycles. The van der Waals surface area contributed by atoms with Crippen LogP contribution in [-0.4, -0.2) is 51.1 Å². The first-order valence-electron chi connectivity index (χ1n) is 11.8. The van der Waals surface area contributed by atoms with E-state index in [4.69, 9.17) is 16.6 Å². The second-order valence-electron chi connectivity index (χ2n) is 9.48. The summed E-state index contributed by atoms with van der Waals surface area (Å²) in [6, 6.07) is 17.8. The Balaban J connectivity index is 1.56. The van der Waals surface area contributed by atoms with Crippen molar-refractivity contribution in [3.8, 4) is 11.3 Å². The molecule has 0 spiro atoms. The number of hydrogen-bond acceptors (Lipinski definition) is 5. The molecule has 0 fully saturated rings. The normalized spacial score (nSPS) is 12.8. The average molecular weight is 612 g/mol. The van der Waals surface area contributed by atoms with Gasteiger partial charge in [-0.25, -0.2) is 0 Å². The van der Waals surface area contributed by atoms with Crippen molar-refractivity contribution < 1.29 is 23.1 Å². The number of carbonyl (C=O) groups excluding carboxylic acids is 1. The first kappa shape index (κ1) is 28.0. The van der Waals surface area contributed by atoms with Crippen molar-refractivity contribution >= 4 is 58.6 Å². The summed E-state index contributed by atoms with van der Waals surface area (Å²) >= 11 is 4.54. The number of carboxylic acids is 1. The molecular formula is C29H27AsClNO5S. The number of halogens is 1. The van der Waals surface area contributed by atoms with Crippen LogP contribution in [-0.2, 0) is 21.1 Å². The molecule has 1 aromatic heterocycles. The van der Waals surface area contributed by atoms with Gasteiger partial charge in [0.05, 0.1) is 0 Å². The molecule has 4 rings (SSSR count). The predicted octanol–water partition coefficient (Wildman–Crippen LogP) is 5.58. The zero-order valence-corrected chi connectivity index (χ0v) is 25.0. The maximum absolute atomic E-state index is 12.9. The fraction of sp³-hybridized carbons (Fsp3) is 0.207. The van der Waals surface area contributed by atoms with E-state index in [0.29, 0.717) is 0 Å². The van der Waals surface area contributed by atoms with Crippen molar-refractivity contribution in [3.63, 3.8) is 0 Å². The van der Waals surface area contributed by atoms with Crippen molar-refractivity contribution in [1.82, 2.24) is 4.98 Å². The van der Waals surface area contributed by atoms with Gasteiger partial charge in [-0.3, -0.25) is 0 Å². The van der Waals surface area contributed by atoms with E-state index in [-0.39, 0.29) is 26.5 Å². The SMILES string of the molecule is Cc1cc(C)c(-c2ccc3cc(CC([AsH]C(=O)c4ccc(S(C)(=O)=O)cc4Cl)C(=O)O)ccc3n2)c(C)c1. The van der Waals surface area contributed by atoms with Gasteiger partial charge in [-0.1, -0.05) is 0 Å². The molecule has 2 atom stereocenters. The summed E-state index contributed by atoms with van der Waals surface area (Å²) in [5.41, 5.74) is 7.30. The first-order valence-corrected chi connectivity index (χ1v) is 16.4. The summed E-state index contributed by atoms with van der Waals surface area (Å²) in [7, 11) is -3.47. The van der Waals surface area contributed by atoms with Crippen molar-refractivity contribution in [3.05, 3.63) is 93.5 Å². The summed E-state index contributed by atoms with van der Waals surface area (Å²) < 4.78 is 22.3. The Kier molecular flexibility index (Phi) is 8.12. The van der Waals surface area contributed by atoms with Gasteiger partial charge in [0.15, 0.2) is 0 Å². The first-order chi connectivity index (χ1) is 17.8. The predicted molar refractivity (Wildman–Crippen MR) is 153 cm³/mol. The number of sulfone groups is 1. The summed E-state index contributed by atoms with van der Waals surface area (Å²) in [6.45, 7) is 6.23. The molecule has 0 aliphatic rings. The molecule has 2 unspecified atom stereocenters. The van der Waals surface area contributed by atoms with Crippen LogP contribution in [0, 0.1) is 20.8 Å². The van der Waals surface area contributed by atoms with Crippen LogP contribution in [0.1, 0.15) is 32.6 Å². The second kappa shape index (κ2) is 11.0. The van der Waals surface area contributed by atoms with E-state index in [9.17, 15) is 23.1 Å². The maximum atomic E-state index is 12.9. The molecule has 38 heavy (non-hydrogen) atoms. The van der Waals surface area contributed by atoms with Crippen LogP contribution in [0.4, 0.5) is 0 Å². The van der Waals surface area contributed by atoms with Crippen LogP contribution >= 0.6 is 11.6 Å². The molecule has 0 aliphatic heterocycles. The van der Waals surface area contributed by atoms with E-state index >= 15 is 0 Å². The van der Waals surface area contributed by atoms with Crippen molar-refractivity contribution in [2.75, 3.05) is 6.26 Å². The van der Waals surface area contributed by atoms with E-state index in [2.05, 4.69) is 32.9 Å². The molecule has 1 heterocycles. The molecular weight excluding hydrogens is 585 g/mol. The Hall–Kier alpha value is -2.99. The van der Waals surface area contributed by atoms with Gasteiger partial charge in [-0.2, -0.15) is 0 Å². The molecule has 196 valence electrons. The Morgan fingerprint density at radius 1 is 0.974 bits per heavy atom. The van der Waals surface area contributed by atoms with Gasteiger partial charge in [0, 0.05) is 0 Å². The average Bonchev–Trinajstić information content (AvgIpc) is 2.82. The summed E-state index contributed by atoms with van der Waals surface area (Å²) in [5, 5.41) is 10.8. The Labute approximate surface area is 233 Å². The van der Waals surface area contributed by atoms with E-state index in [1.807, 2.05) is 30.3 Å². The third-order valence-electron chi connectivity index (χ3n) is 6.34. The monoisotopic (exact) mass is 611 g/mol. The van der Waals surface area contributed by atoms with Gasteiger partial charge in [-0.05, 0) is 6.92 Å². The summed E-state index contributed by atoms with van der Waals surface area (Å²) in [6.07, 6.45) is 1.26. The van der Waals surface area contributed by atoms with Gasteiger partial charge in [0.2, 0.25) is 0 Å². The van der Waals surface area contributed by atoms with E-state index in [0.717, 1.165) is 45.1 Å². The third-order valence-corrected chi connectivity index (χ3v) is 10.6. The molecule has 3 aromatic carbocycles. The van der Waals surface area contributed by atoms with Crippen LogP contribution in [0.15, 0.2) is 65.6 Å². The van der Waals surface area contributed by atoms with Crippen LogP contribution in [0.3, 0.4) is 0 Å². The fourth-order valence-electron chi connectivity index (χ4n) is 4.61. The summed E-state index contributed by atoms with van der Waals surface area (Å²) in [5.74, 6) is -1.04. The van der Waals surface area contributed by atoms with Crippen molar-refractivity contribution in [2.24, 2.45) is 0 Å². The minimum atomic E-state index is -3.47. The van der Waals surface area contributed by atoms with Crippen LogP contribution in [0.5, 0.6) is 0 Å². The van der Waals surface area contributed by atoms with Gasteiger partial charge in [-0.15, -0.1) is 0 Å². The number of aliphatic carboxylic acids is 1. The van der Waals surface area contributed by atoms with Crippen molar-refractivity contribution in [2.45, 2.75) is 36.8 Å². The standard InChI is InChI=1S/C29H27AsClNO5S/c1-16-11-17(2)27(18(3)12-16)26-10-6-20-13-19(5-9-25(20)32-26)14-23(29(34)35)30-28(33)22-8-7-21(15-24(22)31)38(4,36)37/h5-13,15,23,30H,14H2,1-4H3,(H,34,35). The number of aromatic nitrogens is 1. The number of fused-ring (bicyclic) bond motifs is 1. The van der Waals surface area contributed by atoms with E-state index < -0.39 is 36.3 Å². The van der Waals surface area contributed by atoms with E-state index in [1.165, 1.54) is 23.8 Å². The molecule has 9 heteroatoms. The Bertz CT molecular complexity index is 1680. The van der Waals surface area contributed by atoms with Crippen molar-refractivity contribution in [1.29, 1.82) is 0 Å².